The van der Waals surface area contributed by atoms with E-state index in [-0.39, 0.29) is 6.54 Å². The predicted molar refractivity (Wildman–Crippen MR) is 95.1 cm³/mol. The van der Waals surface area contributed by atoms with E-state index in [2.05, 4.69) is 5.16 Å². The van der Waals surface area contributed by atoms with Crippen LogP contribution < -0.4 is 0 Å². The fourth-order valence-corrected chi connectivity index (χ4v) is 3.08. The van der Waals surface area contributed by atoms with Gasteiger partial charge in [-0.3, -0.25) is 23.9 Å². The van der Waals surface area contributed by atoms with Crippen LogP contribution in [0.1, 0.15) is 27.5 Å². The molecule has 148 valence electrons. The van der Waals surface area contributed by atoms with Crippen LogP contribution in [0.15, 0.2) is 16.7 Å². The number of esters is 1. The van der Waals surface area contributed by atoms with E-state index in [4.69, 9.17) is 9.26 Å². The van der Waals surface area contributed by atoms with Crippen LogP contribution in [-0.2, 0) is 14.3 Å². The van der Waals surface area contributed by atoms with E-state index in [0.717, 1.165) is 10.6 Å². The number of nitrogens with zero attached hydrogens (tertiary/aromatic N) is 4. The standard InChI is InChI=1S/C18H20N4O6/c1-10-5-13(12(3)22(10)15-6-11(2)28-19-15)14(23)9-27-17(25)8-21-16(24)7-20(4)18(21)26/h5-6H,7-9H2,1-4H3. The van der Waals surface area contributed by atoms with Crippen molar-refractivity contribution in [1.29, 1.82) is 0 Å². The van der Waals surface area contributed by atoms with Gasteiger partial charge in [0.05, 0.1) is 0 Å². The lowest BCUT2D eigenvalue weighted by Gasteiger charge is -2.13. The number of likely N-dealkylation sites (N-methyl/N-ethyl adjacent to an activating group) is 1. The maximum atomic E-state index is 12.5. The lowest BCUT2D eigenvalue weighted by atomic mass is 10.1. The third-order valence-corrected chi connectivity index (χ3v) is 4.46. The Labute approximate surface area is 160 Å². The number of carbonyl (C=O) groups is 4. The van der Waals surface area contributed by atoms with Crippen LogP contribution in [0, 0.1) is 20.8 Å². The summed E-state index contributed by atoms with van der Waals surface area (Å²) in [5, 5.41) is 3.95. The lowest BCUT2D eigenvalue weighted by molar-refractivity contribution is -0.145. The smallest absolute Gasteiger partial charge is 0.327 e. The maximum Gasteiger partial charge on any atom is 0.327 e. The van der Waals surface area contributed by atoms with Crippen LogP contribution in [0.4, 0.5) is 4.79 Å². The predicted octanol–water partition coefficient (Wildman–Crippen LogP) is 1.01. The molecule has 2 aromatic rings. The molecule has 3 heterocycles. The number of ketones is 1. The summed E-state index contributed by atoms with van der Waals surface area (Å²) < 4.78 is 11.8. The highest BCUT2D eigenvalue weighted by Gasteiger charge is 2.35. The van der Waals surface area contributed by atoms with Crippen molar-refractivity contribution in [1.82, 2.24) is 19.5 Å². The van der Waals surface area contributed by atoms with Crippen molar-refractivity contribution in [3.8, 4) is 5.82 Å². The van der Waals surface area contributed by atoms with Crippen molar-refractivity contribution >= 4 is 23.7 Å². The molecule has 0 saturated carbocycles. The van der Waals surface area contributed by atoms with E-state index in [9.17, 15) is 19.2 Å². The number of rotatable bonds is 6. The Morgan fingerprint density at radius 1 is 1.21 bits per heavy atom. The van der Waals surface area contributed by atoms with Gasteiger partial charge in [-0.25, -0.2) is 4.79 Å². The average molecular weight is 388 g/mol. The summed E-state index contributed by atoms with van der Waals surface area (Å²) in [7, 11) is 1.46. The van der Waals surface area contributed by atoms with Crippen molar-refractivity contribution in [3.05, 3.63) is 34.8 Å². The highest BCUT2D eigenvalue weighted by molar-refractivity contribution is 6.04. The largest absolute Gasteiger partial charge is 0.456 e. The molecule has 3 rings (SSSR count). The number of urea groups is 1. The molecule has 1 aliphatic heterocycles. The van der Waals surface area contributed by atoms with Crippen LogP contribution in [0.3, 0.4) is 0 Å². The molecule has 3 amide bonds. The fraction of sp³-hybridized carbons (Fsp3) is 0.389. The number of Topliss-reactive ketones (excluding diaryl/α,β-unsaturated/α-hetero) is 1. The normalized spacial score (nSPS) is 14.1. The van der Waals surface area contributed by atoms with Crippen molar-refractivity contribution in [3.63, 3.8) is 0 Å². The molecule has 0 atom stereocenters. The van der Waals surface area contributed by atoms with Gasteiger partial charge in [-0.15, -0.1) is 0 Å². The zero-order valence-electron chi connectivity index (χ0n) is 16.0. The summed E-state index contributed by atoms with van der Waals surface area (Å²) in [4.78, 5) is 49.9. The van der Waals surface area contributed by atoms with Crippen LogP contribution in [0.25, 0.3) is 5.82 Å². The molecular formula is C18H20N4O6. The summed E-state index contributed by atoms with van der Waals surface area (Å²) >= 11 is 0. The van der Waals surface area contributed by atoms with E-state index < -0.39 is 36.8 Å². The monoisotopic (exact) mass is 388 g/mol. The van der Waals surface area contributed by atoms with Crippen molar-refractivity contribution in [2.75, 3.05) is 26.7 Å². The molecule has 2 aromatic heterocycles. The fourth-order valence-electron chi connectivity index (χ4n) is 3.08. The average Bonchev–Trinajstić information content (AvgIpc) is 3.25. The molecule has 28 heavy (non-hydrogen) atoms. The molecule has 1 aliphatic rings. The minimum atomic E-state index is -0.828. The Morgan fingerprint density at radius 2 is 1.93 bits per heavy atom. The van der Waals surface area contributed by atoms with Gasteiger partial charge in [-0.1, -0.05) is 5.16 Å². The molecule has 0 radical (unpaired) electrons. The number of carbonyl (C=O) groups excluding carboxylic acids is 4. The van der Waals surface area contributed by atoms with Crippen LogP contribution in [0.2, 0.25) is 0 Å². The number of hydrogen-bond donors (Lipinski definition) is 0. The molecule has 0 aliphatic carbocycles. The number of imide groups is 1. The first-order valence-corrected chi connectivity index (χ1v) is 8.56. The van der Waals surface area contributed by atoms with Crippen molar-refractivity contribution in [2.45, 2.75) is 20.8 Å². The second-order valence-electron chi connectivity index (χ2n) is 6.62. The minimum Gasteiger partial charge on any atom is -0.456 e. The summed E-state index contributed by atoms with van der Waals surface area (Å²) in [6.07, 6.45) is 0. The van der Waals surface area contributed by atoms with Gasteiger partial charge >= 0.3 is 12.0 Å². The molecule has 0 N–H and O–H groups in total. The molecule has 0 aromatic carbocycles. The zero-order chi connectivity index (χ0) is 20.6. The molecule has 0 bridgehead atoms. The number of aromatic nitrogens is 2. The molecule has 1 fully saturated rings. The third kappa shape index (κ3) is 3.53. The number of aryl methyl sites for hydroxylation is 2. The first kappa shape index (κ1) is 19.3. The van der Waals surface area contributed by atoms with Gasteiger partial charge < -0.3 is 14.2 Å². The summed E-state index contributed by atoms with van der Waals surface area (Å²) in [5.41, 5.74) is 1.80. The molecular weight excluding hydrogens is 368 g/mol. The third-order valence-electron chi connectivity index (χ3n) is 4.46. The Kier molecular flexibility index (Phi) is 5.04. The van der Waals surface area contributed by atoms with Crippen LogP contribution in [-0.4, -0.2) is 70.0 Å². The lowest BCUT2D eigenvalue weighted by Crippen LogP contribution is -2.37. The summed E-state index contributed by atoms with van der Waals surface area (Å²) in [6, 6.07) is 2.85. The van der Waals surface area contributed by atoms with Crippen molar-refractivity contribution < 1.29 is 28.4 Å². The second-order valence-corrected chi connectivity index (χ2v) is 6.62. The topological polar surface area (TPSA) is 115 Å². The Hall–Kier alpha value is -3.43. The Bertz CT molecular complexity index is 973. The summed E-state index contributed by atoms with van der Waals surface area (Å²) in [5.74, 6) is -0.516. The van der Waals surface area contributed by atoms with E-state index in [1.807, 2.05) is 6.92 Å². The molecule has 0 unspecified atom stereocenters. The zero-order valence-corrected chi connectivity index (χ0v) is 16.0. The number of amides is 3. The van der Waals surface area contributed by atoms with Gasteiger partial charge in [0.25, 0.3) is 5.91 Å². The van der Waals surface area contributed by atoms with E-state index in [1.165, 1.54) is 11.9 Å². The summed E-state index contributed by atoms with van der Waals surface area (Å²) in [6.45, 7) is 4.24. The molecule has 10 nitrogen and oxygen atoms in total. The second kappa shape index (κ2) is 7.29. The van der Waals surface area contributed by atoms with Gasteiger partial charge in [-0.2, -0.15) is 0 Å². The van der Waals surface area contributed by atoms with Gasteiger partial charge in [0, 0.05) is 30.1 Å². The first-order valence-electron chi connectivity index (χ1n) is 8.56. The maximum absolute atomic E-state index is 12.5. The van der Waals surface area contributed by atoms with E-state index in [1.54, 1.807) is 30.5 Å². The SMILES string of the molecule is Cc1cc(-n2c(C)cc(C(=O)COC(=O)CN3C(=O)CN(C)C3=O)c2C)no1. The highest BCUT2D eigenvalue weighted by Crippen LogP contribution is 2.21. The Morgan fingerprint density at radius 3 is 2.50 bits per heavy atom. The van der Waals surface area contributed by atoms with Crippen LogP contribution in [0.5, 0.6) is 0 Å². The van der Waals surface area contributed by atoms with Gasteiger partial charge in [-0.05, 0) is 26.8 Å². The van der Waals surface area contributed by atoms with Gasteiger partial charge in [0.2, 0.25) is 5.78 Å². The highest BCUT2D eigenvalue weighted by atomic mass is 16.5. The molecule has 0 spiro atoms. The minimum absolute atomic E-state index is 0.0848. The van der Waals surface area contributed by atoms with Crippen molar-refractivity contribution in [2.24, 2.45) is 0 Å². The number of ether oxygens (including phenoxy) is 1. The van der Waals surface area contributed by atoms with Gasteiger partial charge in [0.1, 0.15) is 18.8 Å². The first-order chi connectivity index (χ1) is 13.2. The van der Waals surface area contributed by atoms with Gasteiger partial charge in [0.15, 0.2) is 12.4 Å². The molecule has 1 saturated heterocycles. The van der Waals surface area contributed by atoms with Crippen LogP contribution >= 0.6 is 0 Å². The van der Waals surface area contributed by atoms with E-state index >= 15 is 0 Å². The Balaban J connectivity index is 1.65. The van der Waals surface area contributed by atoms with E-state index in [0.29, 0.717) is 22.8 Å². The number of hydrogen-bond acceptors (Lipinski definition) is 7. The molecule has 10 heteroatoms. The quantitative estimate of drug-likeness (QED) is 0.412.